The van der Waals surface area contributed by atoms with Gasteiger partial charge in [-0.15, -0.1) is 12.4 Å². The Kier molecular flexibility index (Phi) is 56.2. The van der Waals surface area contributed by atoms with Crippen molar-refractivity contribution in [1.29, 1.82) is 5.26 Å². The number of nitrogens with zero attached hydrogens (tertiary/aromatic N) is 1. The number of aliphatic carboxylic acids is 5. The van der Waals surface area contributed by atoms with Crippen LogP contribution in [0.2, 0.25) is 0 Å². The van der Waals surface area contributed by atoms with Crippen molar-refractivity contribution in [3.05, 3.63) is 0 Å². The molecule has 0 aliphatic carbocycles. The van der Waals surface area contributed by atoms with Crippen LogP contribution in [0.15, 0.2) is 0 Å². The van der Waals surface area contributed by atoms with Crippen LogP contribution in [0.3, 0.4) is 0 Å². The second kappa shape index (κ2) is 47.0. The molecule has 24 nitrogen and oxygen atoms in total. The Morgan fingerprint density at radius 2 is 0.869 bits per heavy atom. The zero-order chi connectivity index (χ0) is 49.3. The number of methoxy groups -OCH3 is 4. The third-order valence-corrected chi connectivity index (χ3v) is 6.09. The first-order valence-electron chi connectivity index (χ1n) is 17.1. The smallest absolute Gasteiger partial charge is 0.321 e. The van der Waals surface area contributed by atoms with Crippen molar-refractivity contribution >= 4 is 88.9 Å². The van der Waals surface area contributed by atoms with Crippen molar-refractivity contribution in [2.75, 3.05) is 28.4 Å². The van der Waals surface area contributed by atoms with Crippen molar-refractivity contribution in [2.45, 2.75) is 98.6 Å². The lowest BCUT2D eigenvalue weighted by molar-refractivity contribution is -0.149. The number of carbonyl (C=O) groups excluding carboxylic acids is 6. The molecule has 1 amide bonds. The number of ether oxygens (including phenoxy) is 4. The highest BCUT2D eigenvalue weighted by Gasteiger charge is 2.17. The fraction of sp³-hybridized carbons (Fsp3) is 0.657. The summed E-state index contributed by atoms with van der Waals surface area (Å²) >= 11 is 4.64. The number of hydrogen-bond donors (Lipinski definition) is 8. The number of halogens is 2. The first-order valence-corrected chi connectivity index (χ1v) is 17.5. The number of carboxylic acids is 5. The Labute approximate surface area is 364 Å². The number of carboxylic acid groups (broad SMARTS) is 5. The van der Waals surface area contributed by atoms with Crippen molar-refractivity contribution in [1.82, 2.24) is 0 Å². The predicted octanol–water partition coefficient (Wildman–Crippen LogP) is 1.19. The average molecular weight is 930 g/mol. The van der Waals surface area contributed by atoms with E-state index in [9.17, 15) is 52.7 Å². The number of nitrogens with two attached hydrogens (primary N) is 3. The van der Waals surface area contributed by atoms with Crippen LogP contribution >= 0.6 is 24.0 Å². The largest absolute Gasteiger partial charge is 0.481 e. The van der Waals surface area contributed by atoms with E-state index >= 15 is 0 Å². The lowest BCUT2D eigenvalue weighted by Crippen LogP contribution is -2.32. The number of nitriles is 1. The molecule has 6 atom stereocenters. The molecule has 0 spiro atoms. The van der Waals surface area contributed by atoms with E-state index in [0.29, 0.717) is 12.3 Å². The van der Waals surface area contributed by atoms with Crippen LogP contribution in [0.25, 0.3) is 0 Å². The molecule has 356 valence electrons. The third kappa shape index (κ3) is 69.3. The van der Waals surface area contributed by atoms with E-state index in [-0.39, 0.29) is 55.2 Å². The zero-order valence-electron chi connectivity index (χ0n) is 35.7. The van der Waals surface area contributed by atoms with Gasteiger partial charge < -0.3 is 61.7 Å². The lowest BCUT2D eigenvalue weighted by Gasteiger charge is -2.03. The maximum atomic E-state index is 10.5. The molecular weight excluding hydrogens is 867 g/mol. The minimum absolute atomic E-state index is 0. The van der Waals surface area contributed by atoms with Crippen molar-refractivity contribution < 1.29 is 97.2 Å². The van der Waals surface area contributed by atoms with E-state index in [4.69, 9.17) is 48.0 Å². The fourth-order valence-electron chi connectivity index (χ4n) is 2.30. The van der Waals surface area contributed by atoms with Gasteiger partial charge in [-0.25, -0.2) is 0 Å². The summed E-state index contributed by atoms with van der Waals surface area (Å²) in [5, 5.41) is 48.6. The molecule has 0 heterocycles. The molecule has 26 heteroatoms. The van der Waals surface area contributed by atoms with Crippen LogP contribution in [0, 0.1) is 35.0 Å². The van der Waals surface area contributed by atoms with Crippen LogP contribution in [0.4, 0.5) is 0 Å². The fourth-order valence-corrected chi connectivity index (χ4v) is 2.30. The SMILES string of the molecule is CC(=O)Cl.CCC(C)CC(=O)O.COC(=O)CC(C)C#N.COC(=O)CC(C)C(=O)O.COC(=O)CC(C)C(N)=O.COC(=O)CC(N)C(=O)O.Cl.NC(CC(=O)O)C(=O)O. The molecule has 0 saturated heterocycles. The Hall–Kier alpha value is -5.64. The molecule has 61 heavy (non-hydrogen) atoms. The van der Waals surface area contributed by atoms with Gasteiger partial charge in [0, 0.05) is 19.3 Å². The number of esters is 4. The highest BCUT2D eigenvalue weighted by Crippen LogP contribution is 2.05. The molecule has 6 unspecified atom stereocenters. The van der Waals surface area contributed by atoms with Crippen molar-refractivity contribution in [3.63, 3.8) is 0 Å². The number of carbonyl (C=O) groups is 11. The highest BCUT2D eigenvalue weighted by molar-refractivity contribution is 6.62. The van der Waals surface area contributed by atoms with Crippen molar-refractivity contribution in [3.8, 4) is 6.07 Å². The van der Waals surface area contributed by atoms with Gasteiger partial charge in [-0.2, -0.15) is 5.26 Å². The van der Waals surface area contributed by atoms with E-state index in [2.05, 4.69) is 30.5 Å². The van der Waals surface area contributed by atoms with Gasteiger partial charge in [-0.1, -0.05) is 34.1 Å². The molecule has 0 aliphatic heterocycles. The zero-order valence-corrected chi connectivity index (χ0v) is 37.3. The topological polar surface area (TPSA) is 428 Å². The number of amides is 1. The summed E-state index contributed by atoms with van der Waals surface area (Å²) in [5.41, 5.74) is 14.7. The predicted molar refractivity (Wildman–Crippen MR) is 215 cm³/mol. The monoisotopic (exact) mass is 928 g/mol. The van der Waals surface area contributed by atoms with Gasteiger partial charge >= 0.3 is 53.7 Å². The van der Waals surface area contributed by atoms with Crippen LogP contribution in [0.1, 0.15) is 86.5 Å². The molecule has 0 bridgehead atoms. The summed E-state index contributed by atoms with van der Waals surface area (Å²) in [4.78, 5) is 111. The van der Waals surface area contributed by atoms with Gasteiger partial charge in [0.15, 0.2) is 0 Å². The van der Waals surface area contributed by atoms with Gasteiger partial charge in [0.2, 0.25) is 11.1 Å². The van der Waals surface area contributed by atoms with Crippen LogP contribution < -0.4 is 17.2 Å². The summed E-state index contributed by atoms with van der Waals surface area (Å²) in [5.74, 6) is -8.71. The molecule has 0 aromatic heterocycles. The van der Waals surface area contributed by atoms with E-state index < -0.39 is 84.0 Å². The molecular formula is C35H62Cl2N4O20. The van der Waals surface area contributed by atoms with Gasteiger partial charge in [0.1, 0.15) is 12.1 Å². The summed E-state index contributed by atoms with van der Waals surface area (Å²) in [6.45, 7) is 9.94. The normalized spacial score (nSPS) is 11.7. The Bertz CT molecular complexity index is 1290. The van der Waals surface area contributed by atoms with E-state index in [1.165, 1.54) is 42.3 Å². The van der Waals surface area contributed by atoms with Crippen molar-refractivity contribution in [2.24, 2.45) is 40.9 Å². The summed E-state index contributed by atoms with van der Waals surface area (Å²) in [6.07, 6.45) is 0.620. The maximum absolute atomic E-state index is 10.5. The molecule has 0 aromatic rings. The second-order valence-corrected chi connectivity index (χ2v) is 12.3. The second-order valence-electron chi connectivity index (χ2n) is 11.8. The number of hydrogen-bond acceptors (Lipinski definition) is 18. The number of primary amides is 1. The molecule has 0 radical (unpaired) electrons. The third-order valence-electron chi connectivity index (χ3n) is 6.09. The molecule has 0 saturated carbocycles. The van der Waals surface area contributed by atoms with E-state index in [1.54, 1.807) is 13.8 Å². The van der Waals surface area contributed by atoms with Gasteiger partial charge in [-0.05, 0) is 24.4 Å². The average Bonchev–Trinajstić information content (AvgIpc) is 3.14. The first-order chi connectivity index (χ1) is 27.4. The van der Waals surface area contributed by atoms with E-state index in [1.807, 2.05) is 19.9 Å². The van der Waals surface area contributed by atoms with Gasteiger partial charge in [-0.3, -0.25) is 52.7 Å². The molecule has 0 rings (SSSR count). The number of rotatable bonds is 17. The lowest BCUT2D eigenvalue weighted by atomic mass is 10.1. The quantitative estimate of drug-likeness (QED) is 0.0577. The summed E-state index contributed by atoms with van der Waals surface area (Å²) in [6, 6.07) is -0.520. The highest BCUT2D eigenvalue weighted by atomic mass is 35.5. The minimum Gasteiger partial charge on any atom is -0.481 e. The molecule has 0 aliphatic rings. The Morgan fingerprint density at radius 3 is 1.08 bits per heavy atom. The minimum atomic E-state index is -1.29. The standard InChI is InChI=1S/C6H11NO3.C6H9NO2.C6H10O4.C6H12O2.C5H9NO4.C4H7NO4.C2H3ClO.ClH/c1-4(6(7)9)3-5(8)10-2;1-5(4-7)3-6(8)9-2;1-4(6(8)9)3-5(7)10-2;1-3-5(2)4-6(7)8;1-10-4(7)2-3(6)5(8)9;5-2(4(8)9)1-3(6)7;1-2(3)4;/h4H,3H2,1-2H3,(H2,7,9);5H,3H2,1-2H3;4H,3H2,1-2H3,(H,8,9);5H,3-4H2,1-2H3,(H,7,8);3H,2,6H2,1H3,(H,8,9);2H,1,5H2,(H,6,7)(H,8,9);1H3;1H. The van der Waals surface area contributed by atoms with Crippen LogP contribution in [0.5, 0.6) is 0 Å². The summed E-state index contributed by atoms with van der Waals surface area (Å²) < 4.78 is 17.1. The first kappa shape index (κ1) is 72.9. The Morgan fingerprint density at radius 1 is 0.574 bits per heavy atom. The maximum Gasteiger partial charge on any atom is 0.321 e. The van der Waals surface area contributed by atoms with Crippen LogP contribution in [-0.2, 0) is 71.7 Å². The van der Waals surface area contributed by atoms with Gasteiger partial charge in [0.25, 0.3) is 0 Å². The summed E-state index contributed by atoms with van der Waals surface area (Å²) in [7, 11) is 5.00. The molecule has 0 aromatic carbocycles. The van der Waals surface area contributed by atoms with Gasteiger partial charge in [0.05, 0.1) is 78.4 Å². The molecule has 11 N–H and O–H groups in total. The molecule has 0 fully saturated rings. The Balaban J connectivity index is -0.0000000903. The van der Waals surface area contributed by atoms with E-state index in [0.717, 1.165) is 6.42 Å². The van der Waals surface area contributed by atoms with Crippen LogP contribution in [-0.4, -0.2) is 131 Å².